The second kappa shape index (κ2) is 7.28. The second-order valence-electron chi connectivity index (χ2n) is 7.16. The molecule has 140 valence electrons. The number of amides is 3. The topological polar surface area (TPSA) is 105 Å². The van der Waals surface area contributed by atoms with Crippen LogP contribution in [0.3, 0.4) is 0 Å². The van der Waals surface area contributed by atoms with Crippen molar-refractivity contribution < 1.29 is 28.7 Å². The Bertz CT molecular complexity index is 571. The Morgan fingerprint density at radius 2 is 1.88 bits per heavy atom. The number of carbonyl (C=O) groups excluding carboxylic acids is 4. The van der Waals surface area contributed by atoms with Gasteiger partial charge in [0.15, 0.2) is 0 Å². The van der Waals surface area contributed by atoms with Gasteiger partial charge in [-0.15, -0.1) is 0 Å². The molecule has 0 unspecified atom stereocenters. The molecule has 9 nitrogen and oxygen atoms in total. The van der Waals surface area contributed by atoms with Gasteiger partial charge in [-0.05, 0) is 33.6 Å². The van der Waals surface area contributed by atoms with Crippen molar-refractivity contribution in [3.8, 4) is 0 Å². The quantitative estimate of drug-likeness (QED) is 0.721. The summed E-state index contributed by atoms with van der Waals surface area (Å²) in [5.74, 6) is -2.00. The summed E-state index contributed by atoms with van der Waals surface area (Å²) in [6.07, 6.45) is 0.348. The van der Waals surface area contributed by atoms with E-state index in [0.717, 1.165) is 5.01 Å². The van der Waals surface area contributed by atoms with Crippen molar-refractivity contribution in [2.75, 3.05) is 20.2 Å². The summed E-state index contributed by atoms with van der Waals surface area (Å²) < 4.78 is 9.94. The van der Waals surface area contributed by atoms with Crippen LogP contribution in [-0.4, -0.2) is 65.6 Å². The smallest absolute Gasteiger partial charge is 0.426 e. The van der Waals surface area contributed by atoms with Crippen molar-refractivity contribution in [1.82, 2.24) is 15.3 Å². The van der Waals surface area contributed by atoms with Crippen LogP contribution in [0.1, 0.15) is 40.0 Å². The molecular formula is C16H25N3O6. The maximum Gasteiger partial charge on any atom is 0.426 e. The molecule has 0 aliphatic carbocycles. The summed E-state index contributed by atoms with van der Waals surface area (Å²) >= 11 is 0. The summed E-state index contributed by atoms with van der Waals surface area (Å²) in [5.41, 5.74) is 1.67. The van der Waals surface area contributed by atoms with Crippen LogP contribution in [0, 0.1) is 5.92 Å². The van der Waals surface area contributed by atoms with E-state index >= 15 is 0 Å². The van der Waals surface area contributed by atoms with Gasteiger partial charge in [-0.3, -0.25) is 14.4 Å². The van der Waals surface area contributed by atoms with Gasteiger partial charge in [-0.1, -0.05) is 0 Å². The van der Waals surface area contributed by atoms with Crippen LogP contribution in [0.2, 0.25) is 0 Å². The standard InChI is InChI=1S/C16H25N3O6/c1-16(2,3)25-15(23)17-19-9-7-11(20)18-8-5-6-10(14(22)24-4)12(18)13(19)21/h10,12H,5-9H2,1-4H3,(H,17,23)/t10-,12+/m1/s1. The van der Waals surface area contributed by atoms with Crippen LogP contribution in [0.25, 0.3) is 0 Å². The van der Waals surface area contributed by atoms with Gasteiger partial charge in [0.2, 0.25) is 5.91 Å². The SMILES string of the molecule is COC(=O)[C@@H]1CCCN2C(=O)CCN(NC(=O)OC(C)(C)C)C(=O)[C@H]12. The lowest BCUT2D eigenvalue weighted by molar-refractivity contribution is -0.159. The van der Waals surface area contributed by atoms with Gasteiger partial charge in [0, 0.05) is 13.0 Å². The third-order valence-electron chi connectivity index (χ3n) is 4.15. The van der Waals surface area contributed by atoms with Gasteiger partial charge >= 0.3 is 12.1 Å². The molecule has 0 radical (unpaired) electrons. The largest absolute Gasteiger partial charge is 0.469 e. The van der Waals surface area contributed by atoms with Gasteiger partial charge in [0.05, 0.1) is 19.6 Å². The molecule has 0 bridgehead atoms. The predicted molar refractivity (Wildman–Crippen MR) is 85.9 cm³/mol. The molecule has 0 aromatic heterocycles. The van der Waals surface area contributed by atoms with Gasteiger partial charge < -0.3 is 14.4 Å². The minimum absolute atomic E-state index is 0.0256. The van der Waals surface area contributed by atoms with E-state index in [4.69, 9.17) is 9.47 Å². The molecule has 2 aliphatic rings. The fourth-order valence-electron chi connectivity index (χ4n) is 3.12. The molecular weight excluding hydrogens is 330 g/mol. The number of methoxy groups -OCH3 is 1. The van der Waals surface area contributed by atoms with E-state index in [-0.39, 0.29) is 18.9 Å². The average molecular weight is 355 g/mol. The number of fused-ring (bicyclic) bond motifs is 1. The van der Waals surface area contributed by atoms with Gasteiger partial charge in [0.25, 0.3) is 5.91 Å². The number of hydrogen-bond acceptors (Lipinski definition) is 6. The minimum atomic E-state index is -0.967. The first-order valence-electron chi connectivity index (χ1n) is 8.32. The molecule has 9 heteroatoms. The molecule has 0 aromatic carbocycles. The Hall–Kier alpha value is -2.32. The molecule has 2 heterocycles. The maximum atomic E-state index is 12.9. The number of nitrogens with zero attached hydrogens (tertiary/aromatic N) is 2. The molecule has 0 saturated carbocycles. The summed E-state index contributed by atoms with van der Waals surface area (Å²) in [5, 5.41) is 1.07. The van der Waals surface area contributed by atoms with E-state index in [9.17, 15) is 19.2 Å². The van der Waals surface area contributed by atoms with E-state index < -0.39 is 35.5 Å². The number of hydrogen-bond donors (Lipinski definition) is 1. The fourth-order valence-corrected chi connectivity index (χ4v) is 3.12. The first-order chi connectivity index (χ1) is 11.6. The van der Waals surface area contributed by atoms with Crippen molar-refractivity contribution in [2.45, 2.75) is 51.7 Å². The van der Waals surface area contributed by atoms with Crippen molar-refractivity contribution in [3.05, 3.63) is 0 Å². The van der Waals surface area contributed by atoms with E-state index in [1.165, 1.54) is 12.0 Å². The Balaban J connectivity index is 2.21. The number of carbonyl (C=O) groups is 4. The van der Waals surface area contributed by atoms with Gasteiger partial charge in [0.1, 0.15) is 11.6 Å². The number of ether oxygens (including phenoxy) is 2. The maximum absolute atomic E-state index is 12.9. The fraction of sp³-hybridized carbons (Fsp3) is 0.750. The van der Waals surface area contributed by atoms with Crippen LogP contribution in [-0.2, 0) is 23.9 Å². The Morgan fingerprint density at radius 1 is 1.20 bits per heavy atom. The second-order valence-corrected chi connectivity index (χ2v) is 7.16. The molecule has 2 fully saturated rings. The van der Waals surface area contributed by atoms with Crippen LogP contribution in [0.5, 0.6) is 0 Å². The molecule has 2 aliphatic heterocycles. The van der Waals surface area contributed by atoms with Crippen LogP contribution in [0.15, 0.2) is 0 Å². The van der Waals surface area contributed by atoms with Crippen molar-refractivity contribution >= 4 is 23.9 Å². The number of piperidine rings is 1. The Kier molecular flexibility index (Phi) is 5.54. The van der Waals surface area contributed by atoms with Gasteiger partial charge in [-0.2, -0.15) is 0 Å². The van der Waals surface area contributed by atoms with Crippen LogP contribution in [0.4, 0.5) is 4.79 Å². The molecule has 0 aromatic rings. The monoisotopic (exact) mass is 355 g/mol. The highest BCUT2D eigenvalue weighted by molar-refractivity contribution is 5.94. The zero-order valence-electron chi connectivity index (χ0n) is 15.0. The van der Waals surface area contributed by atoms with Crippen LogP contribution >= 0.6 is 0 Å². The summed E-state index contributed by atoms with van der Waals surface area (Å²) in [4.78, 5) is 50.7. The number of rotatable bonds is 2. The third-order valence-corrected chi connectivity index (χ3v) is 4.15. The summed E-state index contributed by atoms with van der Waals surface area (Å²) in [7, 11) is 1.25. The van der Waals surface area contributed by atoms with E-state index in [1.807, 2.05) is 0 Å². The lowest BCUT2D eigenvalue weighted by Crippen LogP contribution is -2.59. The molecule has 2 saturated heterocycles. The third kappa shape index (κ3) is 4.40. The van der Waals surface area contributed by atoms with Gasteiger partial charge in [-0.25, -0.2) is 15.2 Å². The van der Waals surface area contributed by atoms with E-state index in [1.54, 1.807) is 20.8 Å². The molecule has 1 N–H and O–H groups in total. The van der Waals surface area contributed by atoms with Crippen molar-refractivity contribution in [2.24, 2.45) is 5.92 Å². The number of esters is 1. The lowest BCUT2D eigenvalue weighted by atomic mass is 9.88. The van der Waals surface area contributed by atoms with Crippen molar-refractivity contribution in [3.63, 3.8) is 0 Å². The Morgan fingerprint density at radius 3 is 2.48 bits per heavy atom. The normalized spacial score (nSPS) is 24.3. The predicted octanol–water partition coefficient (Wildman–Crippen LogP) is 0.439. The first kappa shape index (κ1) is 19.0. The highest BCUT2D eigenvalue weighted by Crippen LogP contribution is 2.28. The minimum Gasteiger partial charge on any atom is -0.469 e. The lowest BCUT2D eigenvalue weighted by Gasteiger charge is -2.38. The molecule has 25 heavy (non-hydrogen) atoms. The molecule has 3 amide bonds. The zero-order chi connectivity index (χ0) is 18.8. The highest BCUT2D eigenvalue weighted by Gasteiger charge is 2.47. The molecule has 2 rings (SSSR count). The van der Waals surface area contributed by atoms with E-state index in [0.29, 0.717) is 19.4 Å². The average Bonchev–Trinajstić information content (AvgIpc) is 2.64. The first-order valence-corrected chi connectivity index (χ1v) is 8.32. The summed E-state index contributed by atoms with van der Waals surface area (Å²) in [6.45, 7) is 5.55. The van der Waals surface area contributed by atoms with E-state index in [2.05, 4.69) is 5.43 Å². The van der Waals surface area contributed by atoms with Crippen LogP contribution < -0.4 is 5.43 Å². The highest BCUT2D eigenvalue weighted by atomic mass is 16.6. The molecule has 0 spiro atoms. The Labute approximate surface area is 146 Å². The number of nitrogens with one attached hydrogen (secondary N) is 1. The zero-order valence-corrected chi connectivity index (χ0v) is 15.0. The summed E-state index contributed by atoms with van der Waals surface area (Å²) in [6, 6.07) is -0.967. The molecule has 2 atom stereocenters. The van der Waals surface area contributed by atoms with Crippen molar-refractivity contribution in [1.29, 1.82) is 0 Å². The number of hydrazine groups is 1.